The Labute approximate surface area is 92.0 Å². The number of urea groups is 1. The summed E-state index contributed by atoms with van der Waals surface area (Å²) in [4.78, 5) is 11.7. The first-order valence-electron chi connectivity index (χ1n) is 6.27. The Bertz CT molecular complexity index is 230. The van der Waals surface area contributed by atoms with Crippen LogP contribution in [0.25, 0.3) is 0 Å². The van der Waals surface area contributed by atoms with Gasteiger partial charge >= 0.3 is 6.03 Å². The molecule has 2 aliphatic carbocycles. The number of rotatable bonds is 2. The largest absolute Gasteiger partial charge is 0.335 e. The lowest BCUT2D eigenvalue weighted by molar-refractivity contribution is 0.201. The van der Waals surface area contributed by atoms with E-state index in [1.807, 2.05) is 0 Å². The summed E-state index contributed by atoms with van der Waals surface area (Å²) in [5.41, 5.74) is 0.0477. The van der Waals surface area contributed by atoms with Crippen molar-refractivity contribution in [1.29, 1.82) is 0 Å². The fourth-order valence-electron chi connectivity index (χ4n) is 2.51. The molecule has 0 bridgehead atoms. The molecule has 2 aliphatic rings. The van der Waals surface area contributed by atoms with Crippen LogP contribution in [0.4, 0.5) is 4.79 Å². The zero-order chi connectivity index (χ0) is 10.7. The molecular weight excluding hydrogens is 188 g/mol. The van der Waals surface area contributed by atoms with Gasteiger partial charge in [0.05, 0.1) is 0 Å². The van der Waals surface area contributed by atoms with E-state index in [1.54, 1.807) is 0 Å². The van der Waals surface area contributed by atoms with Crippen LogP contribution in [-0.4, -0.2) is 17.6 Å². The molecule has 3 nitrogen and oxygen atoms in total. The molecule has 2 fully saturated rings. The topological polar surface area (TPSA) is 41.1 Å². The molecule has 2 saturated carbocycles. The second-order valence-electron chi connectivity index (χ2n) is 5.35. The maximum Gasteiger partial charge on any atom is 0.315 e. The zero-order valence-corrected chi connectivity index (χ0v) is 9.64. The molecule has 0 spiro atoms. The minimum atomic E-state index is 0.0455. The van der Waals surface area contributed by atoms with Gasteiger partial charge in [0.1, 0.15) is 0 Å². The Kier molecular flexibility index (Phi) is 3.17. The van der Waals surface area contributed by atoms with Crippen molar-refractivity contribution in [3.05, 3.63) is 0 Å². The van der Waals surface area contributed by atoms with Crippen LogP contribution in [0.2, 0.25) is 0 Å². The van der Waals surface area contributed by atoms with E-state index in [2.05, 4.69) is 17.6 Å². The van der Waals surface area contributed by atoms with Crippen molar-refractivity contribution in [2.45, 2.75) is 69.9 Å². The summed E-state index contributed by atoms with van der Waals surface area (Å²) in [6.45, 7) is 2.17. The number of amides is 2. The molecule has 2 amide bonds. The molecule has 2 rings (SSSR count). The van der Waals surface area contributed by atoms with Gasteiger partial charge < -0.3 is 10.6 Å². The molecule has 0 atom stereocenters. The summed E-state index contributed by atoms with van der Waals surface area (Å²) in [5, 5.41) is 6.18. The molecule has 0 saturated heterocycles. The van der Waals surface area contributed by atoms with Gasteiger partial charge in [-0.25, -0.2) is 4.79 Å². The number of carbonyl (C=O) groups excluding carboxylic acids is 1. The van der Waals surface area contributed by atoms with Crippen LogP contribution >= 0.6 is 0 Å². The summed E-state index contributed by atoms with van der Waals surface area (Å²) in [5.74, 6) is 0. The van der Waals surface area contributed by atoms with Gasteiger partial charge in [0, 0.05) is 11.6 Å². The van der Waals surface area contributed by atoms with Crippen molar-refractivity contribution >= 4 is 6.03 Å². The quantitative estimate of drug-likeness (QED) is 0.722. The van der Waals surface area contributed by atoms with E-state index in [9.17, 15) is 4.79 Å². The molecular formula is C12H22N2O. The van der Waals surface area contributed by atoms with Crippen LogP contribution in [0.3, 0.4) is 0 Å². The van der Waals surface area contributed by atoms with Crippen molar-refractivity contribution in [2.24, 2.45) is 0 Å². The summed E-state index contributed by atoms with van der Waals surface area (Å²) in [6.07, 6.45) is 9.66. The second kappa shape index (κ2) is 4.42. The summed E-state index contributed by atoms with van der Waals surface area (Å²) in [6, 6.07) is 0.487. The predicted octanol–water partition coefficient (Wildman–Crippen LogP) is 2.56. The number of nitrogens with one attached hydrogen (secondary N) is 2. The second-order valence-corrected chi connectivity index (χ2v) is 5.35. The lowest BCUT2D eigenvalue weighted by atomic mass is 9.83. The van der Waals surface area contributed by atoms with E-state index in [-0.39, 0.29) is 11.6 Å². The van der Waals surface area contributed by atoms with Gasteiger partial charge in [-0.05, 0) is 39.0 Å². The predicted molar refractivity (Wildman–Crippen MR) is 60.8 cm³/mol. The van der Waals surface area contributed by atoms with Crippen molar-refractivity contribution in [2.75, 3.05) is 0 Å². The highest BCUT2D eigenvalue weighted by molar-refractivity contribution is 5.75. The van der Waals surface area contributed by atoms with Gasteiger partial charge in [-0.1, -0.05) is 19.3 Å². The Morgan fingerprint density at radius 1 is 1.13 bits per heavy atom. The molecule has 0 unspecified atom stereocenters. The Hall–Kier alpha value is -0.730. The lowest BCUT2D eigenvalue weighted by Gasteiger charge is -2.36. The molecule has 0 heterocycles. The molecule has 2 N–H and O–H groups in total. The lowest BCUT2D eigenvalue weighted by Crippen LogP contribution is -2.54. The third kappa shape index (κ3) is 2.86. The molecule has 15 heavy (non-hydrogen) atoms. The summed E-state index contributed by atoms with van der Waals surface area (Å²) in [7, 11) is 0. The highest BCUT2D eigenvalue weighted by atomic mass is 16.2. The number of hydrogen-bond donors (Lipinski definition) is 2. The molecule has 0 aromatic rings. The molecule has 3 heteroatoms. The monoisotopic (exact) mass is 210 g/mol. The fraction of sp³-hybridized carbons (Fsp3) is 0.917. The van der Waals surface area contributed by atoms with Gasteiger partial charge in [0.25, 0.3) is 0 Å². The van der Waals surface area contributed by atoms with Crippen molar-refractivity contribution < 1.29 is 4.79 Å². The van der Waals surface area contributed by atoms with Crippen LogP contribution in [0, 0.1) is 0 Å². The van der Waals surface area contributed by atoms with Gasteiger partial charge in [-0.15, -0.1) is 0 Å². The minimum absolute atomic E-state index is 0.0455. The highest BCUT2D eigenvalue weighted by Gasteiger charge is 2.29. The first kappa shape index (κ1) is 10.8. The van der Waals surface area contributed by atoms with E-state index in [0.29, 0.717) is 6.04 Å². The Morgan fingerprint density at radius 3 is 2.33 bits per heavy atom. The molecule has 0 radical (unpaired) electrons. The maximum atomic E-state index is 11.7. The van der Waals surface area contributed by atoms with Crippen LogP contribution in [0.15, 0.2) is 0 Å². The van der Waals surface area contributed by atoms with Crippen molar-refractivity contribution in [1.82, 2.24) is 10.6 Å². The zero-order valence-electron chi connectivity index (χ0n) is 9.64. The standard InChI is InChI=1S/C12H22N2O/c1-12(8-3-2-4-9-12)14-11(15)13-10-6-5-7-10/h10H,2-9H2,1H3,(H2,13,14,15). The molecule has 0 aliphatic heterocycles. The Balaban J connectivity index is 1.75. The van der Waals surface area contributed by atoms with E-state index >= 15 is 0 Å². The smallest absolute Gasteiger partial charge is 0.315 e. The van der Waals surface area contributed by atoms with Crippen LogP contribution < -0.4 is 10.6 Å². The third-order valence-electron chi connectivity index (χ3n) is 3.81. The normalized spacial score (nSPS) is 25.4. The van der Waals surface area contributed by atoms with Gasteiger partial charge in [-0.3, -0.25) is 0 Å². The van der Waals surface area contributed by atoms with Crippen LogP contribution in [0.1, 0.15) is 58.3 Å². The van der Waals surface area contributed by atoms with Gasteiger partial charge in [0.2, 0.25) is 0 Å². The van der Waals surface area contributed by atoms with Crippen LogP contribution in [0.5, 0.6) is 0 Å². The molecule has 0 aromatic heterocycles. The van der Waals surface area contributed by atoms with Gasteiger partial charge in [0.15, 0.2) is 0 Å². The maximum absolute atomic E-state index is 11.7. The highest BCUT2D eigenvalue weighted by Crippen LogP contribution is 2.27. The molecule has 0 aromatic carbocycles. The van der Waals surface area contributed by atoms with Crippen LogP contribution in [-0.2, 0) is 0 Å². The average Bonchev–Trinajstić information content (AvgIpc) is 2.12. The third-order valence-corrected chi connectivity index (χ3v) is 3.81. The van der Waals surface area contributed by atoms with E-state index in [4.69, 9.17) is 0 Å². The van der Waals surface area contributed by atoms with E-state index < -0.39 is 0 Å². The minimum Gasteiger partial charge on any atom is -0.335 e. The summed E-state index contributed by atoms with van der Waals surface area (Å²) < 4.78 is 0. The van der Waals surface area contributed by atoms with Crippen molar-refractivity contribution in [3.63, 3.8) is 0 Å². The number of hydrogen-bond acceptors (Lipinski definition) is 1. The fourth-order valence-corrected chi connectivity index (χ4v) is 2.51. The first-order valence-corrected chi connectivity index (χ1v) is 6.27. The van der Waals surface area contributed by atoms with E-state index in [0.717, 1.165) is 25.7 Å². The van der Waals surface area contributed by atoms with Crippen molar-refractivity contribution in [3.8, 4) is 0 Å². The number of carbonyl (C=O) groups is 1. The average molecular weight is 210 g/mol. The summed E-state index contributed by atoms with van der Waals surface area (Å²) >= 11 is 0. The SMILES string of the molecule is CC1(NC(=O)NC2CCC2)CCCCC1. The Morgan fingerprint density at radius 2 is 1.80 bits per heavy atom. The first-order chi connectivity index (χ1) is 7.18. The van der Waals surface area contributed by atoms with E-state index in [1.165, 1.54) is 25.7 Å². The molecule has 86 valence electrons. The van der Waals surface area contributed by atoms with Gasteiger partial charge in [-0.2, -0.15) is 0 Å².